The van der Waals surface area contributed by atoms with E-state index in [2.05, 4.69) is 24.3 Å². The molecule has 100 valence electrons. The summed E-state index contributed by atoms with van der Waals surface area (Å²) in [7, 11) is 0. The van der Waals surface area contributed by atoms with Gasteiger partial charge in [0.25, 0.3) is 0 Å². The van der Waals surface area contributed by atoms with Crippen LogP contribution in [0.4, 0.5) is 0 Å². The van der Waals surface area contributed by atoms with E-state index in [1.165, 1.54) is 5.39 Å². The van der Waals surface area contributed by atoms with Crippen molar-refractivity contribution >= 4 is 22.5 Å². The summed E-state index contributed by atoms with van der Waals surface area (Å²) in [5.41, 5.74) is 1.90. The highest BCUT2D eigenvalue weighted by Crippen LogP contribution is 2.31. The normalized spacial score (nSPS) is 12.5. The Morgan fingerprint density at radius 3 is 2.35 bits per heavy atom. The number of thioether (sulfide) groups is 1. The summed E-state index contributed by atoms with van der Waals surface area (Å²) in [5, 5.41) is 13.0. The quantitative estimate of drug-likeness (QED) is 0.705. The molecule has 0 heterocycles. The van der Waals surface area contributed by atoms with E-state index in [1.54, 1.807) is 11.8 Å². The SMILES string of the molecule is CSc1ccccc1C(O)c1ccc2ccccc2c1. The minimum atomic E-state index is -0.580. The molecular weight excluding hydrogens is 264 g/mol. The fourth-order valence-electron chi connectivity index (χ4n) is 2.45. The van der Waals surface area contributed by atoms with Crippen molar-refractivity contribution in [3.05, 3.63) is 77.9 Å². The summed E-state index contributed by atoms with van der Waals surface area (Å²) in [6.45, 7) is 0. The van der Waals surface area contributed by atoms with Gasteiger partial charge < -0.3 is 5.11 Å². The standard InChI is InChI=1S/C18H16OS/c1-20-17-9-5-4-8-16(17)18(19)15-11-10-13-6-2-3-7-14(13)12-15/h2-12,18-19H,1H3. The predicted molar refractivity (Wildman–Crippen MR) is 86.2 cm³/mol. The van der Waals surface area contributed by atoms with Gasteiger partial charge in [-0.2, -0.15) is 0 Å². The third kappa shape index (κ3) is 2.45. The molecule has 0 aliphatic heterocycles. The van der Waals surface area contributed by atoms with E-state index in [0.717, 1.165) is 21.4 Å². The zero-order valence-electron chi connectivity index (χ0n) is 11.3. The van der Waals surface area contributed by atoms with Crippen LogP contribution in [-0.2, 0) is 0 Å². The smallest absolute Gasteiger partial charge is 0.105 e. The topological polar surface area (TPSA) is 20.2 Å². The number of aliphatic hydroxyl groups is 1. The molecule has 2 heteroatoms. The summed E-state index contributed by atoms with van der Waals surface area (Å²) in [4.78, 5) is 1.12. The molecule has 1 nitrogen and oxygen atoms in total. The number of fused-ring (bicyclic) bond motifs is 1. The van der Waals surface area contributed by atoms with Crippen LogP contribution in [0.25, 0.3) is 10.8 Å². The molecule has 0 bridgehead atoms. The first-order valence-corrected chi connectivity index (χ1v) is 7.82. The lowest BCUT2D eigenvalue weighted by molar-refractivity contribution is 0.217. The maximum absolute atomic E-state index is 10.6. The summed E-state index contributed by atoms with van der Waals surface area (Å²) < 4.78 is 0. The largest absolute Gasteiger partial charge is 0.384 e. The Labute approximate surface area is 123 Å². The van der Waals surface area contributed by atoms with Gasteiger partial charge >= 0.3 is 0 Å². The number of aliphatic hydroxyl groups excluding tert-OH is 1. The minimum absolute atomic E-state index is 0.580. The monoisotopic (exact) mass is 280 g/mol. The van der Waals surface area contributed by atoms with Gasteiger partial charge in [-0.1, -0.05) is 54.6 Å². The second-order valence-electron chi connectivity index (χ2n) is 4.75. The predicted octanol–water partition coefficient (Wildman–Crippen LogP) is 4.64. The Morgan fingerprint density at radius 2 is 1.55 bits per heavy atom. The van der Waals surface area contributed by atoms with E-state index in [0.29, 0.717) is 0 Å². The maximum Gasteiger partial charge on any atom is 0.105 e. The van der Waals surface area contributed by atoms with Crippen molar-refractivity contribution in [1.29, 1.82) is 0 Å². The molecule has 0 saturated heterocycles. The van der Waals surface area contributed by atoms with E-state index in [-0.39, 0.29) is 0 Å². The Hall–Kier alpha value is -1.77. The van der Waals surface area contributed by atoms with Gasteiger partial charge in [-0.25, -0.2) is 0 Å². The highest BCUT2D eigenvalue weighted by Gasteiger charge is 2.14. The minimum Gasteiger partial charge on any atom is -0.384 e. The van der Waals surface area contributed by atoms with E-state index < -0.39 is 6.10 Å². The van der Waals surface area contributed by atoms with Gasteiger partial charge in [-0.3, -0.25) is 0 Å². The summed E-state index contributed by atoms with van der Waals surface area (Å²) >= 11 is 1.66. The highest BCUT2D eigenvalue weighted by molar-refractivity contribution is 7.98. The number of hydrogen-bond acceptors (Lipinski definition) is 2. The maximum atomic E-state index is 10.6. The zero-order valence-corrected chi connectivity index (χ0v) is 12.1. The lowest BCUT2D eigenvalue weighted by Crippen LogP contribution is -2.01. The Morgan fingerprint density at radius 1 is 0.850 bits per heavy atom. The molecule has 1 atom stereocenters. The second-order valence-corrected chi connectivity index (χ2v) is 5.60. The zero-order chi connectivity index (χ0) is 13.9. The van der Waals surface area contributed by atoms with Crippen molar-refractivity contribution in [3.63, 3.8) is 0 Å². The average molecular weight is 280 g/mol. The van der Waals surface area contributed by atoms with Crippen molar-refractivity contribution in [1.82, 2.24) is 0 Å². The fraction of sp³-hybridized carbons (Fsp3) is 0.111. The lowest BCUT2D eigenvalue weighted by atomic mass is 9.98. The average Bonchev–Trinajstić information content (AvgIpc) is 2.53. The van der Waals surface area contributed by atoms with Crippen molar-refractivity contribution in [2.75, 3.05) is 6.26 Å². The van der Waals surface area contributed by atoms with Crippen molar-refractivity contribution < 1.29 is 5.11 Å². The number of rotatable bonds is 3. The van der Waals surface area contributed by atoms with Crippen LogP contribution < -0.4 is 0 Å². The Balaban J connectivity index is 2.05. The molecule has 0 radical (unpaired) electrons. The molecule has 0 fully saturated rings. The molecule has 1 N–H and O–H groups in total. The van der Waals surface area contributed by atoms with Crippen molar-refractivity contribution in [2.45, 2.75) is 11.0 Å². The molecule has 0 spiro atoms. The first-order valence-electron chi connectivity index (χ1n) is 6.59. The molecule has 0 aliphatic carbocycles. The second kappa shape index (κ2) is 5.70. The van der Waals surface area contributed by atoms with Crippen LogP contribution in [0, 0.1) is 0 Å². The van der Waals surface area contributed by atoms with Crippen LogP contribution >= 0.6 is 11.8 Å². The highest BCUT2D eigenvalue weighted by atomic mass is 32.2. The van der Waals surface area contributed by atoms with Crippen LogP contribution in [0.1, 0.15) is 17.2 Å². The molecule has 0 amide bonds. The molecule has 1 unspecified atom stereocenters. The third-order valence-corrected chi connectivity index (χ3v) is 4.33. The van der Waals surface area contributed by atoms with Crippen LogP contribution in [0.3, 0.4) is 0 Å². The van der Waals surface area contributed by atoms with Crippen LogP contribution in [0.2, 0.25) is 0 Å². The van der Waals surface area contributed by atoms with E-state index in [4.69, 9.17) is 0 Å². The molecular formula is C18H16OS. The molecule has 3 aromatic carbocycles. The number of hydrogen-bond donors (Lipinski definition) is 1. The van der Waals surface area contributed by atoms with Crippen LogP contribution in [0.5, 0.6) is 0 Å². The first-order chi connectivity index (χ1) is 9.79. The Kier molecular flexibility index (Phi) is 3.77. The number of benzene rings is 3. The van der Waals surface area contributed by atoms with Gasteiger partial charge in [0.15, 0.2) is 0 Å². The third-order valence-electron chi connectivity index (χ3n) is 3.52. The van der Waals surface area contributed by atoms with Crippen molar-refractivity contribution in [2.24, 2.45) is 0 Å². The van der Waals surface area contributed by atoms with E-state index in [9.17, 15) is 5.11 Å². The van der Waals surface area contributed by atoms with Gasteiger partial charge in [0, 0.05) is 4.90 Å². The molecule has 3 rings (SSSR count). The summed E-state index contributed by atoms with van der Waals surface area (Å²) in [6, 6.07) is 22.4. The molecule has 20 heavy (non-hydrogen) atoms. The van der Waals surface area contributed by atoms with Crippen LogP contribution in [0.15, 0.2) is 71.6 Å². The summed E-state index contributed by atoms with van der Waals surface area (Å²) in [6.07, 6.45) is 1.45. The molecule has 0 aromatic heterocycles. The lowest BCUT2D eigenvalue weighted by Gasteiger charge is -2.15. The van der Waals surface area contributed by atoms with Gasteiger partial charge in [0.1, 0.15) is 6.10 Å². The first kappa shape index (κ1) is 13.2. The van der Waals surface area contributed by atoms with Gasteiger partial charge in [0.2, 0.25) is 0 Å². The summed E-state index contributed by atoms with van der Waals surface area (Å²) in [5.74, 6) is 0. The van der Waals surface area contributed by atoms with Gasteiger partial charge in [-0.15, -0.1) is 11.8 Å². The van der Waals surface area contributed by atoms with Gasteiger partial charge in [-0.05, 0) is 40.3 Å². The molecule has 0 saturated carbocycles. The van der Waals surface area contributed by atoms with Crippen LogP contribution in [-0.4, -0.2) is 11.4 Å². The van der Waals surface area contributed by atoms with Crippen molar-refractivity contribution in [3.8, 4) is 0 Å². The Bertz CT molecular complexity index is 736. The fourth-order valence-corrected chi connectivity index (χ4v) is 3.08. The molecule has 0 aliphatic rings. The van der Waals surface area contributed by atoms with E-state index >= 15 is 0 Å². The van der Waals surface area contributed by atoms with E-state index in [1.807, 2.05) is 48.7 Å². The molecule has 3 aromatic rings. The van der Waals surface area contributed by atoms with Gasteiger partial charge in [0.05, 0.1) is 0 Å².